The van der Waals surface area contributed by atoms with Gasteiger partial charge in [-0.3, -0.25) is 4.79 Å². The van der Waals surface area contributed by atoms with Gasteiger partial charge in [-0.15, -0.1) is 5.10 Å². The van der Waals surface area contributed by atoms with Crippen molar-refractivity contribution in [2.45, 2.75) is 13.2 Å². The topological polar surface area (TPSA) is 107 Å². The lowest BCUT2D eigenvalue weighted by molar-refractivity contribution is -0.145. The molecule has 1 aromatic heterocycles. The molecule has 1 heterocycles. The summed E-state index contributed by atoms with van der Waals surface area (Å²) in [6.07, 6.45) is 1.34. The highest BCUT2D eigenvalue weighted by Crippen LogP contribution is 2.18. The van der Waals surface area contributed by atoms with E-state index in [2.05, 4.69) is 10.1 Å². The quantitative estimate of drug-likeness (QED) is 0.846. The molecular weight excluding hydrogens is 282 g/mol. The fourth-order valence-electron chi connectivity index (χ4n) is 1.46. The number of anilines is 1. The van der Waals surface area contributed by atoms with Crippen molar-refractivity contribution in [1.82, 2.24) is 14.8 Å². The van der Waals surface area contributed by atoms with Crippen LogP contribution in [0.2, 0.25) is 5.02 Å². The van der Waals surface area contributed by atoms with E-state index < -0.39 is 5.97 Å². The minimum atomic E-state index is -0.490. The largest absolute Gasteiger partial charge is 0.459 e. The zero-order valence-corrected chi connectivity index (χ0v) is 11.0. The minimum Gasteiger partial charge on any atom is -0.459 e. The summed E-state index contributed by atoms with van der Waals surface area (Å²) >= 11 is 5.97. The molecule has 2 aromatic rings. The van der Waals surface area contributed by atoms with E-state index in [4.69, 9.17) is 27.3 Å². The maximum absolute atomic E-state index is 11.6. The number of halogens is 1. The first-order chi connectivity index (χ1) is 9.58. The van der Waals surface area contributed by atoms with Crippen molar-refractivity contribution in [2.75, 3.05) is 5.73 Å². The Morgan fingerprint density at radius 2 is 2.35 bits per heavy atom. The first-order valence-corrected chi connectivity index (χ1v) is 5.95. The molecular formula is C12H10ClN5O2. The first-order valence-electron chi connectivity index (χ1n) is 5.57. The van der Waals surface area contributed by atoms with Crippen molar-refractivity contribution in [3.05, 3.63) is 40.7 Å². The van der Waals surface area contributed by atoms with Crippen molar-refractivity contribution < 1.29 is 9.53 Å². The summed E-state index contributed by atoms with van der Waals surface area (Å²) in [5.41, 5.74) is 6.40. The molecule has 0 spiro atoms. The number of esters is 1. The van der Waals surface area contributed by atoms with Crippen molar-refractivity contribution in [3.63, 3.8) is 0 Å². The summed E-state index contributed by atoms with van der Waals surface area (Å²) in [5.74, 6) is -0.400. The molecule has 1 aromatic carbocycles. The number of nitrogen functional groups attached to an aromatic ring is 1. The number of hydrogen-bond donors (Lipinski definition) is 1. The lowest BCUT2D eigenvalue weighted by Gasteiger charge is -2.06. The number of nitrogens with zero attached hydrogens (tertiary/aromatic N) is 4. The van der Waals surface area contributed by atoms with Gasteiger partial charge in [-0.2, -0.15) is 5.26 Å². The molecule has 0 atom stereocenters. The molecule has 0 bridgehead atoms. The second kappa shape index (κ2) is 6.04. The van der Waals surface area contributed by atoms with E-state index in [0.29, 0.717) is 16.1 Å². The number of carbonyl (C=O) groups excluding carboxylic acids is 1. The zero-order chi connectivity index (χ0) is 14.5. The van der Waals surface area contributed by atoms with Gasteiger partial charge in [0.25, 0.3) is 0 Å². The number of benzene rings is 1. The molecule has 0 aliphatic carbocycles. The Hall–Kier alpha value is -2.59. The highest BCUT2D eigenvalue weighted by molar-refractivity contribution is 6.31. The maximum atomic E-state index is 11.6. The van der Waals surface area contributed by atoms with E-state index in [1.165, 1.54) is 17.1 Å². The number of hydrogen-bond acceptors (Lipinski definition) is 6. The summed E-state index contributed by atoms with van der Waals surface area (Å²) in [6, 6.07) is 6.73. The average Bonchev–Trinajstić information content (AvgIpc) is 2.82. The smallest absolute Gasteiger partial charge is 0.328 e. The Balaban J connectivity index is 1.92. The summed E-state index contributed by atoms with van der Waals surface area (Å²) in [4.78, 5) is 15.3. The van der Waals surface area contributed by atoms with E-state index >= 15 is 0 Å². The van der Waals surface area contributed by atoms with Gasteiger partial charge < -0.3 is 10.5 Å². The highest BCUT2D eigenvalue weighted by Gasteiger charge is 2.08. The fourth-order valence-corrected chi connectivity index (χ4v) is 1.69. The van der Waals surface area contributed by atoms with E-state index in [9.17, 15) is 4.79 Å². The second-order valence-electron chi connectivity index (χ2n) is 3.88. The Kier molecular flexibility index (Phi) is 4.17. The predicted octanol–water partition coefficient (Wildman–Crippen LogP) is 1.13. The van der Waals surface area contributed by atoms with Crippen LogP contribution in [0.4, 0.5) is 5.95 Å². The van der Waals surface area contributed by atoms with E-state index in [1.807, 2.05) is 6.07 Å². The number of nitrogens with two attached hydrogens (primary N) is 1. The van der Waals surface area contributed by atoms with Crippen LogP contribution in [-0.2, 0) is 22.7 Å². The van der Waals surface area contributed by atoms with Gasteiger partial charge in [0.2, 0.25) is 5.95 Å². The number of nitriles is 1. The average molecular weight is 292 g/mol. The molecule has 0 unspecified atom stereocenters. The molecule has 7 nitrogen and oxygen atoms in total. The molecule has 20 heavy (non-hydrogen) atoms. The normalized spacial score (nSPS) is 10.0. The third kappa shape index (κ3) is 3.46. The van der Waals surface area contributed by atoms with Gasteiger partial charge in [0.05, 0.1) is 11.6 Å². The predicted molar refractivity (Wildman–Crippen MR) is 70.4 cm³/mol. The third-order valence-electron chi connectivity index (χ3n) is 2.42. The molecule has 0 radical (unpaired) electrons. The van der Waals surface area contributed by atoms with Gasteiger partial charge in [0.1, 0.15) is 19.5 Å². The summed E-state index contributed by atoms with van der Waals surface area (Å²) in [6.45, 7) is -0.0638. The van der Waals surface area contributed by atoms with E-state index in [0.717, 1.165) is 0 Å². The zero-order valence-electron chi connectivity index (χ0n) is 10.3. The molecule has 2 rings (SSSR count). The third-order valence-corrected chi connectivity index (χ3v) is 2.77. The molecule has 0 saturated heterocycles. The molecule has 0 fully saturated rings. The monoisotopic (exact) mass is 291 g/mol. The SMILES string of the molecule is N#Cc1ccc(COC(=O)Cn2cnc(N)n2)c(Cl)c1. The van der Waals surface area contributed by atoms with Crippen LogP contribution in [0, 0.1) is 11.3 Å². The number of rotatable bonds is 4. The lowest BCUT2D eigenvalue weighted by atomic mass is 10.1. The van der Waals surface area contributed by atoms with Gasteiger partial charge in [-0.05, 0) is 12.1 Å². The lowest BCUT2D eigenvalue weighted by Crippen LogP contribution is -2.14. The highest BCUT2D eigenvalue weighted by atomic mass is 35.5. The van der Waals surface area contributed by atoms with Crippen LogP contribution in [0.25, 0.3) is 0 Å². The molecule has 8 heteroatoms. The number of aromatic nitrogens is 3. The van der Waals surface area contributed by atoms with Crippen LogP contribution in [0.3, 0.4) is 0 Å². The molecule has 0 amide bonds. The Morgan fingerprint density at radius 3 is 2.95 bits per heavy atom. The Bertz CT molecular complexity index is 677. The minimum absolute atomic E-state index is 0.0214. The van der Waals surface area contributed by atoms with Crippen molar-refractivity contribution in [2.24, 2.45) is 0 Å². The fraction of sp³-hybridized carbons (Fsp3) is 0.167. The van der Waals surface area contributed by atoms with Crippen LogP contribution in [0.5, 0.6) is 0 Å². The van der Waals surface area contributed by atoms with Crippen LogP contribution in [0.1, 0.15) is 11.1 Å². The molecule has 102 valence electrons. The van der Waals surface area contributed by atoms with Crippen molar-refractivity contribution in [3.8, 4) is 6.07 Å². The first kappa shape index (κ1) is 13.8. The molecule has 0 aliphatic rings. The summed E-state index contributed by atoms with van der Waals surface area (Å²) in [5, 5.41) is 12.9. The molecule has 0 aliphatic heterocycles. The Morgan fingerprint density at radius 1 is 1.55 bits per heavy atom. The van der Waals surface area contributed by atoms with Gasteiger partial charge in [0.15, 0.2) is 0 Å². The van der Waals surface area contributed by atoms with Crippen LogP contribution in [-0.4, -0.2) is 20.7 Å². The van der Waals surface area contributed by atoms with Gasteiger partial charge in [-0.1, -0.05) is 17.7 Å². The van der Waals surface area contributed by atoms with E-state index in [-0.39, 0.29) is 19.1 Å². The second-order valence-corrected chi connectivity index (χ2v) is 4.29. The van der Waals surface area contributed by atoms with Gasteiger partial charge in [0, 0.05) is 10.6 Å². The van der Waals surface area contributed by atoms with E-state index in [1.54, 1.807) is 12.1 Å². The van der Waals surface area contributed by atoms with Crippen LogP contribution < -0.4 is 5.73 Å². The van der Waals surface area contributed by atoms with Gasteiger partial charge in [-0.25, -0.2) is 9.67 Å². The van der Waals surface area contributed by atoms with Crippen LogP contribution in [0.15, 0.2) is 24.5 Å². The Labute approximate surface area is 119 Å². The van der Waals surface area contributed by atoms with Crippen molar-refractivity contribution >= 4 is 23.5 Å². The van der Waals surface area contributed by atoms with Crippen LogP contribution >= 0.6 is 11.6 Å². The van der Waals surface area contributed by atoms with Crippen molar-refractivity contribution in [1.29, 1.82) is 5.26 Å². The molecule has 2 N–H and O–H groups in total. The summed E-state index contributed by atoms with van der Waals surface area (Å²) in [7, 11) is 0. The maximum Gasteiger partial charge on any atom is 0.328 e. The molecule has 0 saturated carbocycles. The number of ether oxygens (including phenoxy) is 1. The number of carbonyl (C=O) groups is 1. The standard InChI is InChI=1S/C12H10ClN5O2/c13-10-3-8(4-14)1-2-9(10)6-20-11(19)5-18-7-16-12(15)17-18/h1-3,7H,5-6H2,(H2,15,17). The van der Waals surface area contributed by atoms with Gasteiger partial charge >= 0.3 is 5.97 Å². The summed E-state index contributed by atoms with van der Waals surface area (Å²) < 4.78 is 6.34.